The Hall–Kier alpha value is -15.2. The molecule has 40 heteroatoms. The largest absolute Gasteiger partial charge is 0.497 e. The van der Waals surface area contributed by atoms with E-state index < -0.39 is 0 Å². The summed E-state index contributed by atoms with van der Waals surface area (Å²) < 4.78 is 5.18. The summed E-state index contributed by atoms with van der Waals surface area (Å²) in [6.07, 6.45) is 21.1. The van der Waals surface area contributed by atoms with Crippen LogP contribution in [0, 0.1) is 0 Å². The zero-order valence-electron chi connectivity index (χ0n) is 71.7. The summed E-state index contributed by atoms with van der Waals surface area (Å²) in [5, 5.41) is 30.9. The lowest BCUT2D eigenvalue weighted by atomic mass is 10.1. The topological polar surface area (TPSA) is 432 Å². The van der Waals surface area contributed by atoms with Crippen LogP contribution in [0.3, 0.4) is 0 Å². The van der Waals surface area contributed by atoms with Gasteiger partial charge in [0.2, 0.25) is 0 Å². The van der Waals surface area contributed by atoms with Gasteiger partial charge in [-0.25, -0.2) is 89.7 Å². The summed E-state index contributed by atoms with van der Waals surface area (Å²) in [7, 11) is 3.49. The molecule has 0 unspecified atom stereocenters. The second kappa shape index (κ2) is 43.9. The van der Waals surface area contributed by atoms with Crippen LogP contribution < -0.4 is 41.5 Å². The summed E-state index contributed by atoms with van der Waals surface area (Å²) >= 11 is 41.8. The lowest BCUT2D eigenvalue weighted by molar-refractivity contribution is 0.311. The third-order valence-electron chi connectivity index (χ3n) is 20.7. The molecule has 33 nitrogen and oxygen atoms in total. The van der Waals surface area contributed by atoms with Crippen molar-refractivity contribution in [3.63, 3.8) is 0 Å². The average Bonchev–Trinajstić information content (AvgIpc) is 1.69. The third-order valence-corrected chi connectivity index (χ3v) is 22.1. The lowest BCUT2D eigenvalue weighted by Crippen LogP contribution is -2.43. The minimum atomic E-state index is 0.0556. The van der Waals surface area contributed by atoms with E-state index in [1.807, 2.05) is 202 Å². The maximum absolute atomic E-state index is 8.82. The van der Waals surface area contributed by atoms with Crippen molar-refractivity contribution in [1.82, 2.24) is 125 Å². The molecule has 21 aromatic rings. The Morgan fingerprint density at radius 1 is 0.341 bits per heavy atom. The number of fused-ring (bicyclic) bond motifs is 6. The molecule has 1 aliphatic heterocycles. The second-order valence-corrected chi connectivity index (χ2v) is 32.3. The Labute approximate surface area is 805 Å². The first-order valence-electron chi connectivity index (χ1n) is 42.1. The van der Waals surface area contributed by atoms with Gasteiger partial charge in [0.05, 0.1) is 95.8 Å². The summed E-state index contributed by atoms with van der Waals surface area (Å²) in [5.41, 5.74) is 21.7. The van der Waals surface area contributed by atoms with Crippen molar-refractivity contribution in [2.24, 2.45) is 0 Å². The maximum Gasteiger partial charge on any atom is 0.156 e. The van der Waals surface area contributed by atoms with E-state index in [1.165, 1.54) is 42.7 Å². The number of hydrogen-bond acceptors (Lipinski definition) is 27. The number of nitrogens with one attached hydrogen (secondary N) is 12. The van der Waals surface area contributed by atoms with E-state index in [0.717, 1.165) is 164 Å². The van der Waals surface area contributed by atoms with Gasteiger partial charge in [-0.05, 0) is 115 Å². The minimum absolute atomic E-state index is 0.0556. The van der Waals surface area contributed by atoms with E-state index >= 15 is 0 Å². The van der Waals surface area contributed by atoms with E-state index in [1.54, 1.807) is 13.3 Å². The van der Waals surface area contributed by atoms with Gasteiger partial charge in [0.15, 0.2) is 33.9 Å². The summed E-state index contributed by atoms with van der Waals surface area (Å²) in [5.74, 6) is 5.62. The fourth-order valence-electron chi connectivity index (χ4n) is 14.3. The third kappa shape index (κ3) is 23.1. The van der Waals surface area contributed by atoms with Crippen LogP contribution in [0.1, 0.15) is 11.1 Å². The predicted molar refractivity (Wildman–Crippen MR) is 537 cm³/mol. The van der Waals surface area contributed by atoms with Gasteiger partial charge in [-0.2, -0.15) is 0 Å². The highest BCUT2D eigenvalue weighted by Crippen LogP contribution is 2.35. The van der Waals surface area contributed by atoms with Gasteiger partial charge in [0.25, 0.3) is 0 Å². The highest BCUT2D eigenvalue weighted by molar-refractivity contribution is 6.33. The molecule has 0 aliphatic carbocycles. The number of hydrogen-bond donors (Lipinski definition) is 13. The van der Waals surface area contributed by atoms with Crippen molar-refractivity contribution in [2.75, 3.05) is 91.5 Å². The summed E-state index contributed by atoms with van der Waals surface area (Å²) in [6, 6.07) is 60.6. The maximum atomic E-state index is 8.82. The van der Waals surface area contributed by atoms with Crippen molar-refractivity contribution < 1.29 is 9.84 Å². The predicted octanol–water partition coefficient (Wildman–Crippen LogP) is 20.6. The Kier molecular flexibility index (Phi) is 29.8. The van der Waals surface area contributed by atoms with Crippen molar-refractivity contribution in [2.45, 2.75) is 13.0 Å². The van der Waals surface area contributed by atoms with Crippen LogP contribution in [0.25, 0.3) is 135 Å². The lowest BCUT2D eigenvalue weighted by Gasteiger charge is -2.28. The molecule has 1 saturated heterocycles. The molecule has 0 spiro atoms. The number of aromatic amines is 6. The second-order valence-electron chi connectivity index (χ2n) is 29.6. The molecule has 0 atom stereocenters. The molecule has 0 bridgehead atoms. The quantitative estimate of drug-likeness (QED) is 0.0318. The fourth-order valence-corrected chi connectivity index (χ4v) is 15.2. The Morgan fingerprint density at radius 2 is 0.681 bits per heavy atom. The highest BCUT2D eigenvalue weighted by Gasteiger charge is 2.20. The van der Waals surface area contributed by atoms with Crippen LogP contribution in [-0.2, 0) is 13.0 Å². The number of aromatic nitrogens is 24. The molecule has 676 valence electrons. The number of benzene rings is 3. The van der Waals surface area contributed by atoms with Gasteiger partial charge in [-0.1, -0.05) is 172 Å². The number of halogens is 7. The first kappa shape index (κ1) is 91.7. The number of para-hydroxylation sites is 1. The van der Waals surface area contributed by atoms with E-state index in [0.29, 0.717) is 111 Å². The summed E-state index contributed by atoms with van der Waals surface area (Å²) in [6.45, 7) is 5.90. The number of pyridine rings is 6. The Bertz CT molecular complexity index is 7630. The van der Waals surface area contributed by atoms with Crippen LogP contribution in [0.2, 0.25) is 35.9 Å². The average molecular weight is 1940 g/mol. The SMILES string of the molecule is CNc1cccc(-c2c[nH]c3ncc(Cl)nc23)n1.COc1ccc(CNc2cccc(-c3c[nH]c4ncc(Cl)nc34)n2)cc1.Clc1cnc2[nH]cc(-c3cccc(N4CCNCC4)n3)c2n1.Clc1cnc2[nH]cc(-c3cccc(NCCc4ccccc4)n3)c2n1.Clc1cnc2[nH]cc(-c3cccc(Nc4ccccc4Cl)n3)c2n1.OCCNc1cccc(-c2c[nH]c3ncc(Cl)nc23)n1. The smallest absolute Gasteiger partial charge is 0.156 e. The molecule has 0 amide bonds. The molecular weight excluding hydrogens is 1860 g/mol. The van der Waals surface area contributed by atoms with Crippen LogP contribution in [0.15, 0.2) is 262 Å². The number of methoxy groups -OCH3 is 1. The first-order chi connectivity index (χ1) is 66.1. The molecule has 0 radical (unpaired) electrons. The van der Waals surface area contributed by atoms with Crippen LogP contribution in [0.5, 0.6) is 5.75 Å². The van der Waals surface area contributed by atoms with Crippen molar-refractivity contribution >= 4 is 189 Å². The van der Waals surface area contributed by atoms with Gasteiger partial charge in [-0.15, -0.1) is 0 Å². The number of aliphatic hydroxyl groups excluding tert-OH is 1. The number of H-pyrrole nitrogens is 6. The Balaban J connectivity index is 0.000000113. The molecule has 3 aromatic carbocycles. The van der Waals surface area contributed by atoms with E-state index in [9.17, 15) is 0 Å². The van der Waals surface area contributed by atoms with E-state index in [4.69, 9.17) is 96.0 Å². The number of piperazine rings is 1. The number of anilines is 7. The monoisotopic (exact) mass is 1930 g/mol. The molecule has 135 heavy (non-hydrogen) atoms. The fraction of sp³-hybridized carbons (Fsp3) is 0.116. The van der Waals surface area contributed by atoms with Gasteiger partial charge in [0, 0.05) is 123 Å². The van der Waals surface area contributed by atoms with Crippen LogP contribution in [-0.4, -0.2) is 185 Å². The van der Waals surface area contributed by atoms with Crippen LogP contribution in [0.4, 0.5) is 40.6 Å². The van der Waals surface area contributed by atoms with Gasteiger partial charge >= 0.3 is 0 Å². The highest BCUT2D eigenvalue weighted by atomic mass is 35.5. The molecule has 13 N–H and O–H groups in total. The number of nitrogens with zero attached hydrogens (tertiary/aromatic N) is 19. The molecule has 1 fully saturated rings. The minimum Gasteiger partial charge on any atom is -0.497 e. The van der Waals surface area contributed by atoms with E-state index in [2.05, 4.69) is 176 Å². The zero-order chi connectivity index (χ0) is 92.9. The van der Waals surface area contributed by atoms with Gasteiger partial charge in [0.1, 0.15) is 105 Å². The zero-order valence-corrected chi connectivity index (χ0v) is 77.0. The van der Waals surface area contributed by atoms with Crippen molar-refractivity contribution in [3.8, 4) is 73.3 Å². The molecule has 19 heterocycles. The van der Waals surface area contributed by atoms with Crippen molar-refractivity contribution in [1.29, 1.82) is 0 Å². The molecule has 0 saturated carbocycles. The molecule has 18 aromatic heterocycles. The molecular formula is C95H80Cl7N31O2. The van der Waals surface area contributed by atoms with Gasteiger partial charge in [-0.3, -0.25) is 0 Å². The number of rotatable bonds is 21. The van der Waals surface area contributed by atoms with Gasteiger partial charge < -0.3 is 76.5 Å². The number of ether oxygens (including phenoxy) is 1. The Morgan fingerprint density at radius 3 is 1.07 bits per heavy atom. The van der Waals surface area contributed by atoms with E-state index in [-0.39, 0.29) is 6.61 Å². The van der Waals surface area contributed by atoms with Crippen molar-refractivity contribution in [3.05, 3.63) is 309 Å². The number of aliphatic hydroxyl groups is 1. The molecule has 1 aliphatic rings. The van der Waals surface area contributed by atoms with Crippen LogP contribution >= 0.6 is 81.2 Å². The summed E-state index contributed by atoms with van der Waals surface area (Å²) in [4.78, 5) is 99.8. The standard InChI is InChI=1S/C19H16ClN5O.C19H16ClN5.C17H11Cl2N5.C15H15ClN6.C13H12ClN5O.C12H10ClN5/c1-26-13-7-5-12(6-8-13)9-21-17-4-2-3-15(24-17)14-10-22-19-18(14)25-16(20)11-23-19;20-16-12-23-19-18(25-16)14(11-22-19)15-7-4-8-17(24-15)21-10-9-13-5-2-1-3-6-13;18-11-4-1-2-5-13(11)23-15-7-3-6-12(22-15)10-8-20-17-16(10)24-14(19)9-21-17;16-12-9-19-15-14(21-12)10(8-18-15)11-2-1-3-13(20-11)22-6-4-17-5-7-22;14-10-7-17-13-12(19-10)8(6-16-13)9-2-1-3-11(18-9)15-4-5-20;1-14-10-4-2-3-8(17-10)7-5-15-12-11(7)18-9(13)6-16-12/h2-8,10-11H,9H2,1H3,(H,21,24)(H,22,23);1-8,11-12H,9-10H2,(H,21,24)(H,22,23);1-9H,(H,20,21)(H,22,23);1-3,8-9,17H,4-7H2,(H,18,19);1-3,6-7,20H,4-5H2,(H,15,18)(H,16,17);2-6H,1H3,(H,14,17)(H,15,16). The molecule has 22 rings (SSSR count). The normalized spacial score (nSPS) is 11.6. The first-order valence-corrected chi connectivity index (χ1v) is 44.7.